The summed E-state index contributed by atoms with van der Waals surface area (Å²) in [5.41, 5.74) is 3.57. The summed E-state index contributed by atoms with van der Waals surface area (Å²) in [6.45, 7) is 8.42. The molecule has 0 aromatic heterocycles. The monoisotopic (exact) mass is 335 g/mol. The van der Waals surface area contributed by atoms with Gasteiger partial charge in [0.25, 0.3) is 5.91 Å². The van der Waals surface area contributed by atoms with Crippen LogP contribution in [0.5, 0.6) is 0 Å². The van der Waals surface area contributed by atoms with Crippen LogP contribution in [0.3, 0.4) is 0 Å². The molecule has 0 aliphatic carbocycles. The number of carbonyl (C=O) groups is 1. The molecule has 6 heteroatoms. The number of likely N-dealkylation sites (N-methyl/N-ethyl adjacent to an activating group) is 1. The van der Waals surface area contributed by atoms with E-state index in [4.69, 9.17) is 12.2 Å². The molecule has 2 N–H and O–H groups in total. The summed E-state index contributed by atoms with van der Waals surface area (Å²) in [4.78, 5) is 17.0. The Balaban J connectivity index is 1.86. The van der Waals surface area contributed by atoms with E-state index in [2.05, 4.69) is 36.2 Å². The summed E-state index contributed by atoms with van der Waals surface area (Å²) in [7, 11) is 3.61. The van der Waals surface area contributed by atoms with Crippen molar-refractivity contribution in [2.75, 3.05) is 52.1 Å². The number of rotatable bonds is 3. The van der Waals surface area contributed by atoms with Crippen molar-refractivity contribution in [3.05, 3.63) is 29.3 Å². The van der Waals surface area contributed by atoms with Crippen LogP contribution in [0.1, 0.15) is 11.1 Å². The SMILES string of the molecule is Cc1cccc(NC(=S)N2CC[NH+](CC(=O)N(C)C)CC2)c1C. The van der Waals surface area contributed by atoms with Crippen LogP contribution in [0.4, 0.5) is 5.69 Å². The van der Waals surface area contributed by atoms with Crippen molar-refractivity contribution < 1.29 is 9.69 Å². The van der Waals surface area contributed by atoms with E-state index in [0.717, 1.165) is 37.0 Å². The maximum absolute atomic E-state index is 11.8. The highest BCUT2D eigenvalue weighted by molar-refractivity contribution is 7.80. The van der Waals surface area contributed by atoms with Gasteiger partial charge in [-0.1, -0.05) is 12.1 Å². The highest BCUT2D eigenvalue weighted by Gasteiger charge is 2.24. The molecule has 0 saturated carbocycles. The number of amides is 1. The Hall–Kier alpha value is -1.66. The van der Waals surface area contributed by atoms with E-state index >= 15 is 0 Å². The van der Waals surface area contributed by atoms with Crippen molar-refractivity contribution in [2.24, 2.45) is 0 Å². The molecule has 0 radical (unpaired) electrons. The summed E-state index contributed by atoms with van der Waals surface area (Å²) in [6.07, 6.45) is 0. The third-order valence-corrected chi connectivity index (χ3v) is 4.86. The molecule has 0 bridgehead atoms. The van der Waals surface area contributed by atoms with Crippen LogP contribution >= 0.6 is 12.2 Å². The van der Waals surface area contributed by atoms with Gasteiger partial charge in [0.05, 0.1) is 26.2 Å². The zero-order valence-corrected chi connectivity index (χ0v) is 15.3. The molecule has 1 aromatic carbocycles. The lowest BCUT2D eigenvalue weighted by Gasteiger charge is -2.34. The minimum Gasteiger partial charge on any atom is -0.344 e. The van der Waals surface area contributed by atoms with E-state index in [-0.39, 0.29) is 5.91 Å². The Morgan fingerprint density at radius 1 is 1.30 bits per heavy atom. The van der Waals surface area contributed by atoms with Crippen molar-refractivity contribution in [3.8, 4) is 0 Å². The summed E-state index contributed by atoms with van der Waals surface area (Å²) in [5, 5.41) is 4.14. The smallest absolute Gasteiger partial charge is 0.277 e. The second-order valence-corrected chi connectivity index (χ2v) is 6.77. The number of anilines is 1. The summed E-state index contributed by atoms with van der Waals surface area (Å²) < 4.78 is 0. The van der Waals surface area contributed by atoms with E-state index in [0.29, 0.717) is 6.54 Å². The Bertz CT molecular complexity index is 580. The van der Waals surface area contributed by atoms with Gasteiger partial charge in [-0.2, -0.15) is 0 Å². The van der Waals surface area contributed by atoms with E-state index in [1.807, 2.05) is 6.07 Å². The standard InChI is InChI=1S/C17H26N4OS/c1-13-6-5-7-15(14(13)2)18-17(23)21-10-8-20(9-11-21)12-16(22)19(3)4/h5-7H,8-12H2,1-4H3,(H,18,23)/p+1. The van der Waals surface area contributed by atoms with Crippen LogP contribution in [0.15, 0.2) is 18.2 Å². The average molecular weight is 335 g/mol. The Labute approximate surface area is 144 Å². The number of thiocarbonyl (C=S) groups is 1. The fourth-order valence-electron chi connectivity index (χ4n) is 2.66. The molecule has 1 aliphatic heterocycles. The first-order valence-corrected chi connectivity index (χ1v) is 8.45. The lowest BCUT2D eigenvalue weighted by molar-refractivity contribution is -0.896. The molecule has 126 valence electrons. The van der Waals surface area contributed by atoms with Gasteiger partial charge in [0.2, 0.25) is 0 Å². The molecule has 1 amide bonds. The molecule has 1 fully saturated rings. The van der Waals surface area contributed by atoms with E-state index < -0.39 is 0 Å². The quantitative estimate of drug-likeness (QED) is 0.779. The first kappa shape index (κ1) is 17.7. The zero-order valence-electron chi connectivity index (χ0n) is 14.5. The lowest BCUT2D eigenvalue weighted by atomic mass is 10.1. The minimum atomic E-state index is 0.185. The number of nitrogens with one attached hydrogen (secondary N) is 2. The van der Waals surface area contributed by atoms with Crippen molar-refractivity contribution >= 4 is 28.9 Å². The minimum absolute atomic E-state index is 0.185. The van der Waals surface area contributed by atoms with Gasteiger partial charge < -0.3 is 20.0 Å². The molecular formula is C17H27N4OS+. The number of nitrogens with zero attached hydrogens (tertiary/aromatic N) is 2. The van der Waals surface area contributed by atoms with Crippen LogP contribution in [0, 0.1) is 13.8 Å². The van der Waals surface area contributed by atoms with Crippen LogP contribution in [0.2, 0.25) is 0 Å². The fourth-order valence-corrected chi connectivity index (χ4v) is 2.95. The Morgan fingerprint density at radius 2 is 1.96 bits per heavy atom. The molecule has 1 aromatic rings. The van der Waals surface area contributed by atoms with E-state index in [1.165, 1.54) is 16.0 Å². The van der Waals surface area contributed by atoms with Gasteiger partial charge in [-0.15, -0.1) is 0 Å². The molecule has 0 unspecified atom stereocenters. The van der Waals surface area contributed by atoms with Gasteiger partial charge >= 0.3 is 0 Å². The summed E-state index contributed by atoms with van der Waals surface area (Å²) in [6, 6.07) is 6.21. The van der Waals surface area contributed by atoms with Gasteiger partial charge in [0.15, 0.2) is 11.7 Å². The molecule has 23 heavy (non-hydrogen) atoms. The highest BCUT2D eigenvalue weighted by Crippen LogP contribution is 2.18. The molecular weight excluding hydrogens is 308 g/mol. The van der Waals surface area contributed by atoms with Gasteiger partial charge in [-0.3, -0.25) is 4.79 Å². The number of hydrogen-bond donors (Lipinski definition) is 2. The number of carbonyl (C=O) groups excluding carboxylic acids is 1. The fraction of sp³-hybridized carbons (Fsp3) is 0.529. The van der Waals surface area contributed by atoms with Gasteiger partial charge in [-0.25, -0.2) is 0 Å². The molecule has 5 nitrogen and oxygen atoms in total. The van der Waals surface area contributed by atoms with Crippen LogP contribution in [0.25, 0.3) is 0 Å². The summed E-state index contributed by atoms with van der Waals surface area (Å²) in [5.74, 6) is 0.185. The summed E-state index contributed by atoms with van der Waals surface area (Å²) >= 11 is 5.56. The Kier molecular flexibility index (Phi) is 5.96. The number of benzene rings is 1. The van der Waals surface area contributed by atoms with Crippen molar-refractivity contribution in [3.63, 3.8) is 0 Å². The van der Waals surface area contributed by atoms with Crippen LogP contribution in [-0.4, -0.2) is 67.6 Å². The molecule has 1 saturated heterocycles. The van der Waals surface area contributed by atoms with E-state index in [9.17, 15) is 4.79 Å². The van der Waals surface area contributed by atoms with Crippen molar-refractivity contribution in [1.82, 2.24) is 9.80 Å². The first-order valence-electron chi connectivity index (χ1n) is 8.04. The predicted molar refractivity (Wildman–Crippen MR) is 98.0 cm³/mol. The van der Waals surface area contributed by atoms with Crippen molar-refractivity contribution in [2.45, 2.75) is 13.8 Å². The topological polar surface area (TPSA) is 40.0 Å². The zero-order chi connectivity index (χ0) is 17.0. The maximum Gasteiger partial charge on any atom is 0.277 e. The molecule has 0 atom stereocenters. The number of piperazine rings is 1. The second-order valence-electron chi connectivity index (χ2n) is 6.38. The van der Waals surface area contributed by atoms with Gasteiger partial charge in [0.1, 0.15) is 0 Å². The highest BCUT2D eigenvalue weighted by atomic mass is 32.1. The third-order valence-electron chi connectivity index (χ3n) is 4.50. The number of hydrogen-bond acceptors (Lipinski definition) is 2. The van der Waals surface area contributed by atoms with Crippen LogP contribution in [-0.2, 0) is 4.79 Å². The number of aryl methyl sites for hydroxylation is 1. The molecule has 2 rings (SSSR count). The largest absolute Gasteiger partial charge is 0.344 e. The lowest BCUT2D eigenvalue weighted by Crippen LogP contribution is -3.15. The van der Waals surface area contributed by atoms with Crippen LogP contribution < -0.4 is 10.2 Å². The third kappa shape index (κ3) is 4.65. The predicted octanol–water partition coefficient (Wildman–Crippen LogP) is 0.289. The van der Waals surface area contributed by atoms with Gasteiger partial charge in [0, 0.05) is 19.8 Å². The second kappa shape index (κ2) is 7.75. The number of quaternary nitrogens is 1. The average Bonchev–Trinajstić information content (AvgIpc) is 2.52. The molecule has 1 aliphatic rings. The Morgan fingerprint density at radius 3 is 2.57 bits per heavy atom. The maximum atomic E-state index is 11.8. The van der Waals surface area contributed by atoms with Crippen molar-refractivity contribution in [1.29, 1.82) is 0 Å². The first-order chi connectivity index (χ1) is 10.9. The van der Waals surface area contributed by atoms with Gasteiger partial charge in [-0.05, 0) is 43.3 Å². The molecule has 1 heterocycles. The normalized spacial score (nSPS) is 15.4. The van der Waals surface area contributed by atoms with E-state index in [1.54, 1.807) is 19.0 Å². The molecule has 0 spiro atoms.